The number of rotatable bonds is 4. The van der Waals surface area contributed by atoms with Gasteiger partial charge in [-0.2, -0.15) is 0 Å². The number of halogens is 1. The van der Waals surface area contributed by atoms with Gasteiger partial charge < -0.3 is 0 Å². The van der Waals surface area contributed by atoms with E-state index in [-0.39, 0.29) is 12.3 Å². The molecular formula is C11H10BrN3O2S. The van der Waals surface area contributed by atoms with E-state index in [1.807, 2.05) is 0 Å². The fourth-order valence-corrected chi connectivity index (χ4v) is 2.33. The molecule has 0 saturated heterocycles. The van der Waals surface area contributed by atoms with E-state index in [9.17, 15) is 9.00 Å². The number of carbonyl (C=O) groups is 1. The Morgan fingerprint density at radius 3 is 2.67 bits per heavy atom. The van der Waals surface area contributed by atoms with Crippen LogP contribution < -0.4 is 0 Å². The van der Waals surface area contributed by atoms with Crippen LogP contribution in [0.2, 0.25) is 0 Å². The smallest absolute Gasteiger partial charge is 0.221 e. The quantitative estimate of drug-likeness (QED) is 0.801. The zero-order chi connectivity index (χ0) is 13.1. The summed E-state index contributed by atoms with van der Waals surface area (Å²) in [6, 6.07) is 7.08. The topological polar surface area (TPSA) is 64.8 Å². The lowest BCUT2D eigenvalue weighted by Gasteiger charge is -2.04. The summed E-state index contributed by atoms with van der Waals surface area (Å²) in [5, 5.41) is 7.70. The van der Waals surface area contributed by atoms with Crippen LogP contribution in [0.5, 0.6) is 0 Å². The van der Waals surface area contributed by atoms with Crippen molar-refractivity contribution in [3.63, 3.8) is 0 Å². The van der Waals surface area contributed by atoms with Crippen molar-refractivity contribution >= 4 is 32.5 Å². The maximum Gasteiger partial charge on any atom is 0.221 e. The minimum Gasteiger partial charge on any atom is -0.299 e. The first-order valence-electron chi connectivity index (χ1n) is 5.08. The van der Waals surface area contributed by atoms with Gasteiger partial charge in [0.15, 0.2) is 5.78 Å². The van der Waals surface area contributed by atoms with E-state index in [0.29, 0.717) is 10.7 Å². The first-order valence-corrected chi connectivity index (χ1v) is 7.43. The van der Waals surface area contributed by atoms with Crippen LogP contribution in [0.1, 0.15) is 10.4 Å². The number of hydrogen-bond donors (Lipinski definition) is 0. The summed E-state index contributed by atoms with van der Waals surface area (Å²) < 4.78 is 13.8. The van der Waals surface area contributed by atoms with Crippen LogP contribution in [-0.4, -0.2) is 31.0 Å². The van der Waals surface area contributed by atoms with Crippen LogP contribution >= 0.6 is 15.9 Å². The molecule has 5 nitrogen and oxygen atoms in total. The SMILES string of the molecule is C[S@@](=O)c1nncn1CC(=O)c1ccc(Br)cc1. The minimum absolute atomic E-state index is 0.0750. The highest BCUT2D eigenvalue weighted by molar-refractivity contribution is 9.10. The van der Waals surface area contributed by atoms with Crippen molar-refractivity contribution in [1.29, 1.82) is 0 Å². The summed E-state index contributed by atoms with van der Waals surface area (Å²) >= 11 is 3.31. The second-order valence-electron chi connectivity index (χ2n) is 3.63. The van der Waals surface area contributed by atoms with E-state index in [1.54, 1.807) is 24.3 Å². The van der Waals surface area contributed by atoms with Crippen molar-refractivity contribution < 1.29 is 9.00 Å². The van der Waals surface area contributed by atoms with E-state index in [2.05, 4.69) is 26.1 Å². The molecule has 1 aromatic carbocycles. The van der Waals surface area contributed by atoms with Crippen LogP contribution in [0.25, 0.3) is 0 Å². The second-order valence-corrected chi connectivity index (χ2v) is 5.81. The lowest BCUT2D eigenvalue weighted by Crippen LogP contribution is -2.13. The summed E-state index contributed by atoms with van der Waals surface area (Å²) in [6.45, 7) is 0.0869. The van der Waals surface area contributed by atoms with Crippen molar-refractivity contribution in [3.8, 4) is 0 Å². The van der Waals surface area contributed by atoms with E-state index >= 15 is 0 Å². The molecule has 7 heteroatoms. The third-order valence-corrected chi connectivity index (χ3v) is 3.68. The Morgan fingerprint density at radius 1 is 1.39 bits per heavy atom. The van der Waals surface area contributed by atoms with Gasteiger partial charge in [0.1, 0.15) is 6.33 Å². The third-order valence-electron chi connectivity index (χ3n) is 2.32. The Balaban J connectivity index is 2.19. The van der Waals surface area contributed by atoms with Crippen LogP contribution in [-0.2, 0) is 17.3 Å². The highest BCUT2D eigenvalue weighted by atomic mass is 79.9. The third kappa shape index (κ3) is 2.91. The fraction of sp³-hybridized carbons (Fsp3) is 0.182. The van der Waals surface area contributed by atoms with Gasteiger partial charge in [-0.05, 0) is 12.1 Å². The van der Waals surface area contributed by atoms with Crippen molar-refractivity contribution in [3.05, 3.63) is 40.6 Å². The van der Waals surface area contributed by atoms with Gasteiger partial charge in [-0.15, -0.1) is 10.2 Å². The molecule has 1 heterocycles. The Bertz CT molecular complexity index is 595. The van der Waals surface area contributed by atoms with Gasteiger partial charge in [-0.3, -0.25) is 13.6 Å². The Kier molecular flexibility index (Phi) is 4.03. The molecule has 1 aromatic heterocycles. The van der Waals surface area contributed by atoms with E-state index in [0.717, 1.165) is 4.47 Å². The molecule has 0 unspecified atom stereocenters. The van der Waals surface area contributed by atoms with Crippen LogP contribution in [0.3, 0.4) is 0 Å². The number of hydrogen-bond acceptors (Lipinski definition) is 4. The molecule has 2 aromatic rings. The van der Waals surface area contributed by atoms with Gasteiger partial charge in [-0.1, -0.05) is 28.1 Å². The first-order chi connectivity index (χ1) is 8.58. The summed E-state index contributed by atoms with van der Waals surface area (Å²) in [7, 11) is -1.26. The number of carbonyl (C=O) groups excluding carboxylic acids is 1. The lowest BCUT2D eigenvalue weighted by atomic mass is 10.1. The highest BCUT2D eigenvalue weighted by Crippen LogP contribution is 2.12. The monoisotopic (exact) mass is 327 g/mol. The van der Waals surface area contributed by atoms with Gasteiger partial charge in [0.05, 0.1) is 17.3 Å². The molecule has 0 bridgehead atoms. The Morgan fingerprint density at radius 2 is 2.06 bits per heavy atom. The summed E-state index contributed by atoms with van der Waals surface area (Å²) in [5.41, 5.74) is 0.597. The standard InChI is InChI=1S/C11H10BrN3O2S/c1-18(17)11-14-13-7-15(11)6-10(16)8-2-4-9(12)5-3-8/h2-5,7H,6H2,1H3/t18-/m1/s1. The predicted molar refractivity (Wildman–Crippen MR) is 70.8 cm³/mol. The van der Waals surface area contributed by atoms with Crippen molar-refractivity contribution in [2.24, 2.45) is 0 Å². The molecule has 0 spiro atoms. The molecule has 0 saturated carbocycles. The molecule has 0 fully saturated rings. The maximum absolute atomic E-state index is 12.0. The molecule has 0 aliphatic rings. The number of benzene rings is 1. The van der Waals surface area contributed by atoms with E-state index in [1.165, 1.54) is 17.2 Å². The van der Waals surface area contributed by atoms with Gasteiger partial charge in [0.25, 0.3) is 0 Å². The van der Waals surface area contributed by atoms with Gasteiger partial charge in [0.2, 0.25) is 5.16 Å². The predicted octanol–water partition coefficient (Wildman–Crippen LogP) is 1.66. The number of Topliss-reactive ketones (excluding diaryl/α,β-unsaturated/α-hetero) is 1. The Hall–Kier alpha value is -1.34. The van der Waals surface area contributed by atoms with Crippen LogP contribution in [0.4, 0.5) is 0 Å². The van der Waals surface area contributed by atoms with Crippen molar-refractivity contribution in [2.75, 3.05) is 6.26 Å². The number of aromatic nitrogens is 3. The first kappa shape index (κ1) is 13.1. The highest BCUT2D eigenvalue weighted by Gasteiger charge is 2.12. The van der Waals surface area contributed by atoms with Gasteiger partial charge in [0, 0.05) is 16.3 Å². The Labute approximate surface area is 115 Å². The average molecular weight is 328 g/mol. The molecule has 94 valence electrons. The molecule has 0 N–H and O–H groups in total. The summed E-state index contributed by atoms with van der Waals surface area (Å²) in [4.78, 5) is 12.0. The summed E-state index contributed by atoms with van der Waals surface area (Å²) in [5.74, 6) is -0.0750. The van der Waals surface area contributed by atoms with Crippen molar-refractivity contribution in [1.82, 2.24) is 14.8 Å². The molecular weight excluding hydrogens is 318 g/mol. The van der Waals surface area contributed by atoms with Crippen LogP contribution in [0, 0.1) is 0 Å². The minimum atomic E-state index is -1.26. The van der Waals surface area contributed by atoms with Crippen LogP contribution in [0.15, 0.2) is 40.2 Å². The van der Waals surface area contributed by atoms with Crippen molar-refractivity contribution in [2.45, 2.75) is 11.7 Å². The fourth-order valence-electron chi connectivity index (χ4n) is 1.46. The molecule has 18 heavy (non-hydrogen) atoms. The molecule has 0 radical (unpaired) electrons. The van der Waals surface area contributed by atoms with E-state index in [4.69, 9.17) is 0 Å². The van der Waals surface area contributed by atoms with Gasteiger partial charge >= 0.3 is 0 Å². The summed E-state index contributed by atoms with van der Waals surface area (Å²) in [6.07, 6.45) is 2.91. The second kappa shape index (κ2) is 5.53. The van der Waals surface area contributed by atoms with E-state index < -0.39 is 10.8 Å². The number of nitrogens with zero attached hydrogens (tertiary/aromatic N) is 3. The molecule has 0 aliphatic heterocycles. The molecule has 1 atom stereocenters. The molecule has 0 aliphatic carbocycles. The number of ketones is 1. The zero-order valence-electron chi connectivity index (χ0n) is 9.54. The average Bonchev–Trinajstić information content (AvgIpc) is 2.78. The largest absolute Gasteiger partial charge is 0.299 e. The zero-order valence-corrected chi connectivity index (χ0v) is 11.9. The normalized spacial score (nSPS) is 12.3. The lowest BCUT2D eigenvalue weighted by molar-refractivity contribution is 0.0969. The molecule has 0 amide bonds. The van der Waals surface area contributed by atoms with Gasteiger partial charge in [-0.25, -0.2) is 0 Å². The molecule has 2 rings (SSSR count). The maximum atomic E-state index is 12.0.